The molecular weight excluding hydrogens is 398 g/mol. The Morgan fingerprint density at radius 1 is 1.11 bits per heavy atom. The van der Waals surface area contributed by atoms with E-state index in [1.165, 1.54) is 22.6 Å². The molecule has 1 aromatic carbocycles. The van der Waals surface area contributed by atoms with Crippen LogP contribution in [0.25, 0.3) is 0 Å². The van der Waals surface area contributed by atoms with Crippen molar-refractivity contribution in [3.05, 3.63) is 40.8 Å². The van der Waals surface area contributed by atoms with Crippen molar-refractivity contribution in [3.63, 3.8) is 0 Å². The van der Waals surface area contributed by atoms with Gasteiger partial charge in [0.05, 0.1) is 0 Å². The molecule has 150 valence electrons. The molecule has 0 radical (unpaired) electrons. The molecule has 1 aliphatic heterocycles. The number of hydrogen-bond donors (Lipinski definition) is 2. The van der Waals surface area contributed by atoms with Gasteiger partial charge in [-0.3, -0.25) is 9.59 Å². The number of anilines is 2. The molecule has 2 N–H and O–H groups in total. The molecule has 2 amide bonds. The maximum atomic E-state index is 13.0. The number of amides is 2. The molecule has 3 rings (SSSR count). The zero-order valence-electron chi connectivity index (χ0n) is 16.0. The Morgan fingerprint density at radius 2 is 1.79 bits per heavy atom. The van der Waals surface area contributed by atoms with Gasteiger partial charge in [-0.25, -0.2) is 8.42 Å². The topological polar surface area (TPSA) is 95.6 Å². The monoisotopic (exact) mass is 421 g/mol. The van der Waals surface area contributed by atoms with Crippen LogP contribution < -0.4 is 10.6 Å². The van der Waals surface area contributed by atoms with Crippen LogP contribution >= 0.6 is 11.3 Å². The van der Waals surface area contributed by atoms with Gasteiger partial charge in [-0.2, -0.15) is 4.31 Å². The molecule has 1 saturated heterocycles. The fourth-order valence-corrected chi connectivity index (χ4v) is 6.34. The van der Waals surface area contributed by atoms with Gasteiger partial charge in [0.2, 0.25) is 11.8 Å². The third kappa shape index (κ3) is 4.11. The van der Waals surface area contributed by atoms with Gasteiger partial charge in [0.25, 0.3) is 10.0 Å². The van der Waals surface area contributed by atoms with E-state index in [0.717, 1.165) is 4.88 Å². The number of carbonyl (C=O) groups excluding carboxylic acids is 2. The first-order chi connectivity index (χ1) is 13.2. The van der Waals surface area contributed by atoms with Gasteiger partial charge < -0.3 is 10.6 Å². The number of sulfonamides is 1. The summed E-state index contributed by atoms with van der Waals surface area (Å²) in [5.41, 5.74) is 1.87. The molecular formula is C19H23N3O4S2. The highest BCUT2D eigenvalue weighted by Gasteiger charge is 2.40. The van der Waals surface area contributed by atoms with E-state index in [1.807, 2.05) is 6.92 Å². The summed E-state index contributed by atoms with van der Waals surface area (Å²) in [6.07, 6.45) is 1.10. The molecule has 9 heteroatoms. The van der Waals surface area contributed by atoms with E-state index >= 15 is 0 Å². The Balaban J connectivity index is 1.82. The van der Waals surface area contributed by atoms with Crippen LogP contribution in [0.4, 0.5) is 11.4 Å². The van der Waals surface area contributed by atoms with Crippen LogP contribution in [0.5, 0.6) is 0 Å². The Morgan fingerprint density at radius 3 is 2.39 bits per heavy atom. The van der Waals surface area contributed by atoms with Crippen LogP contribution in [-0.4, -0.2) is 37.1 Å². The van der Waals surface area contributed by atoms with Crippen LogP contribution in [0.1, 0.15) is 30.2 Å². The van der Waals surface area contributed by atoms with E-state index in [9.17, 15) is 18.0 Å². The van der Waals surface area contributed by atoms with Crippen LogP contribution in [0.3, 0.4) is 0 Å². The van der Waals surface area contributed by atoms with E-state index < -0.39 is 16.1 Å². The average molecular weight is 422 g/mol. The number of aryl methyl sites for hydroxylation is 1. The summed E-state index contributed by atoms with van der Waals surface area (Å²) in [5, 5.41) is 5.55. The highest BCUT2D eigenvalue weighted by molar-refractivity contribution is 7.91. The number of thiophene rings is 1. The molecule has 0 aliphatic carbocycles. The van der Waals surface area contributed by atoms with Crippen molar-refractivity contribution in [3.8, 4) is 0 Å². The minimum absolute atomic E-state index is 0.203. The quantitative estimate of drug-likeness (QED) is 0.775. The van der Waals surface area contributed by atoms with Crippen molar-refractivity contribution in [1.29, 1.82) is 0 Å². The van der Waals surface area contributed by atoms with Gasteiger partial charge in [-0.15, -0.1) is 11.3 Å². The van der Waals surface area contributed by atoms with Gasteiger partial charge in [0.15, 0.2) is 0 Å². The molecule has 0 saturated carbocycles. The molecule has 1 aliphatic rings. The third-order valence-electron chi connectivity index (χ3n) is 4.69. The Hall–Kier alpha value is -2.23. The summed E-state index contributed by atoms with van der Waals surface area (Å²) in [6.45, 7) is 5.38. The number of benzene rings is 1. The second-order valence-corrected chi connectivity index (χ2v) is 10.2. The van der Waals surface area contributed by atoms with Gasteiger partial charge in [0, 0.05) is 29.7 Å². The van der Waals surface area contributed by atoms with Gasteiger partial charge in [-0.1, -0.05) is 6.07 Å². The highest BCUT2D eigenvalue weighted by atomic mass is 32.2. The predicted octanol–water partition coefficient (Wildman–Crippen LogP) is 3.12. The van der Waals surface area contributed by atoms with E-state index in [2.05, 4.69) is 10.6 Å². The third-order valence-corrected chi connectivity index (χ3v) is 8.06. The predicted molar refractivity (Wildman–Crippen MR) is 110 cm³/mol. The largest absolute Gasteiger partial charge is 0.326 e. The fourth-order valence-electron chi connectivity index (χ4n) is 3.27. The smallest absolute Gasteiger partial charge is 0.253 e. The summed E-state index contributed by atoms with van der Waals surface area (Å²) in [7, 11) is -3.70. The minimum Gasteiger partial charge on any atom is -0.326 e. The molecule has 2 heterocycles. The summed E-state index contributed by atoms with van der Waals surface area (Å²) in [5.74, 6) is -0.566. The number of nitrogens with zero attached hydrogens (tertiary/aromatic N) is 1. The van der Waals surface area contributed by atoms with Crippen LogP contribution in [-0.2, 0) is 19.6 Å². The van der Waals surface area contributed by atoms with Crippen molar-refractivity contribution in [1.82, 2.24) is 4.31 Å². The van der Waals surface area contributed by atoms with Gasteiger partial charge in [0.1, 0.15) is 10.3 Å². The Labute approximate surface area is 168 Å². The van der Waals surface area contributed by atoms with Crippen LogP contribution in [0, 0.1) is 13.8 Å². The van der Waals surface area contributed by atoms with Crippen LogP contribution in [0.15, 0.2) is 34.5 Å². The Kier molecular flexibility index (Phi) is 5.87. The molecule has 0 spiro atoms. The van der Waals surface area contributed by atoms with E-state index in [4.69, 9.17) is 0 Å². The number of carbonyl (C=O) groups is 2. The summed E-state index contributed by atoms with van der Waals surface area (Å²) >= 11 is 1.21. The molecule has 2 aromatic rings. The first-order valence-electron chi connectivity index (χ1n) is 8.96. The normalized spacial score (nSPS) is 17.5. The lowest BCUT2D eigenvalue weighted by Gasteiger charge is -2.23. The lowest BCUT2D eigenvalue weighted by atomic mass is 10.1. The van der Waals surface area contributed by atoms with Crippen molar-refractivity contribution in [2.45, 2.75) is 43.9 Å². The maximum absolute atomic E-state index is 13.0. The lowest BCUT2D eigenvalue weighted by molar-refractivity contribution is -0.119. The first-order valence-corrected chi connectivity index (χ1v) is 11.2. The first kappa shape index (κ1) is 20.5. The number of nitrogens with one attached hydrogen (secondary N) is 2. The van der Waals surface area contributed by atoms with E-state index in [0.29, 0.717) is 36.3 Å². The van der Waals surface area contributed by atoms with Crippen molar-refractivity contribution >= 4 is 44.5 Å². The van der Waals surface area contributed by atoms with E-state index in [1.54, 1.807) is 37.3 Å². The van der Waals surface area contributed by atoms with Crippen molar-refractivity contribution in [2.75, 3.05) is 17.2 Å². The molecule has 28 heavy (non-hydrogen) atoms. The van der Waals surface area contributed by atoms with Crippen molar-refractivity contribution in [2.24, 2.45) is 0 Å². The molecule has 0 bridgehead atoms. The summed E-state index contributed by atoms with van der Waals surface area (Å²) < 4.78 is 27.5. The van der Waals surface area contributed by atoms with Gasteiger partial charge in [-0.05, 0) is 56.5 Å². The molecule has 1 atom stereocenters. The van der Waals surface area contributed by atoms with Crippen molar-refractivity contribution < 1.29 is 18.0 Å². The fraction of sp³-hybridized carbons (Fsp3) is 0.368. The zero-order chi connectivity index (χ0) is 20.5. The van der Waals surface area contributed by atoms with Gasteiger partial charge >= 0.3 is 0 Å². The van der Waals surface area contributed by atoms with Crippen LogP contribution in [0.2, 0.25) is 0 Å². The second kappa shape index (κ2) is 8.02. The standard InChI is InChI=1S/C19H23N3O4S2/c1-12-9-10-18(27-12)28(25,26)22-11-5-8-17(22)19(24)21-16-7-4-6-15(13(16)2)20-14(3)23/h4,6-7,9-10,17H,5,8,11H2,1-3H3,(H,20,23)(H,21,24)/t17-/m0/s1. The summed E-state index contributed by atoms with van der Waals surface area (Å²) in [4.78, 5) is 25.1. The Bertz CT molecular complexity index is 1010. The zero-order valence-corrected chi connectivity index (χ0v) is 17.6. The lowest BCUT2D eigenvalue weighted by Crippen LogP contribution is -2.43. The summed E-state index contributed by atoms with van der Waals surface area (Å²) in [6, 6.07) is 7.80. The SMILES string of the molecule is CC(=O)Nc1cccc(NC(=O)[C@@H]2CCCN2S(=O)(=O)c2ccc(C)s2)c1C. The number of hydrogen-bond acceptors (Lipinski definition) is 5. The molecule has 7 nitrogen and oxygen atoms in total. The van der Waals surface area contributed by atoms with E-state index in [-0.39, 0.29) is 16.0 Å². The molecule has 1 aromatic heterocycles. The minimum atomic E-state index is -3.70. The second-order valence-electron chi connectivity index (χ2n) is 6.79. The molecule has 1 fully saturated rings. The number of rotatable bonds is 5. The average Bonchev–Trinajstić information content (AvgIpc) is 3.27. The maximum Gasteiger partial charge on any atom is 0.253 e. The highest BCUT2D eigenvalue weighted by Crippen LogP contribution is 2.31. The molecule has 0 unspecified atom stereocenters.